The normalized spacial score (nSPS) is 14.9. The molecule has 0 aromatic carbocycles. The van der Waals surface area contributed by atoms with Crippen LogP contribution in [-0.4, -0.2) is 27.1 Å². The lowest BCUT2D eigenvalue weighted by Crippen LogP contribution is -2.21. The Balaban J connectivity index is 2.90. The SMILES string of the molecule is Cc1[nH]c(=O)ccc1C(O)C(O)CCS. The molecule has 0 aliphatic heterocycles. The quantitative estimate of drug-likeness (QED) is 0.565. The highest BCUT2D eigenvalue weighted by atomic mass is 32.1. The van der Waals surface area contributed by atoms with E-state index in [1.54, 1.807) is 6.92 Å². The summed E-state index contributed by atoms with van der Waals surface area (Å²) in [4.78, 5) is 13.5. The lowest BCUT2D eigenvalue weighted by Gasteiger charge is -2.18. The van der Waals surface area contributed by atoms with Crippen molar-refractivity contribution in [3.05, 3.63) is 33.7 Å². The molecule has 0 aliphatic carbocycles. The van der Waals surface area contributed by atoms with E-state index in [-0.39, 0.29) is 5.56 Å². The molecule has 4 nitrogen and oxygen atoms in total. The second-order valence-electron chi connectivity index (χ2n) is 3.43. The Morgan fingerprint density at radius 3 is 2.67 bits per heavy atom. The number of aromatic amines is 1. The van der Waals surface area contributed by atoms with Gasteiger partial charge in [0.2, 0.25) is 5.56 Å². The Morgan fingerprint density at radius 1 is 1.47 bits per heavy atom. The fourth-order valence-electron chi connectivity index (χ4n) is 1.41. The summed E-state index contributed by atoms with van der Waals surface area (Å²) in [5.41, 5.74) is 0.907. The number of H-pyrrole nitrogens is 1. The predicted molar refractivity (Wildman–Crippen MR) is 61.2 cm³/mol. The molecule has 0 radical (unpaired) electrons. The van der Waals surface area contributed by atoms with Gasteiger partial charge in [0.15, 0.2) is 0 Å². The van der Waals surface area contributed by atoms with E-state index < -0.39 is 12.2 Å². The predicted octanol–water partition coefficient (Wildman–Crippen LogP) is 0.398. The Bertz CT molecular complexity index is 377. The number of hydrogen-bond acceptors (Lipinski definition) is 4. The maximum absolute atomic E-state index is 10.9. The molecule has 0 saturated heterocycles. The molecule has 1 heterocycles. The standard InChI is InChI=1S/C10H15NO3S/c1-6-7(2-3-9(13)11-6)10(14)8(12)4-5-15/h2-3,8,10,12,14-15H,4-5H2,1H3,(H,11,13). The van der Waals surface area contributed by atoms with Gasteiger partial charge in [-0.15, -0.1) is 0 Å². The number of rotatable bonds is 4. The summed E-state index contributed by atoms with van der Waals surface area (Å²) in [6, 6.07) is 2.86. The molecule has 0 aliphatic rings. The molecular formula is C10H15NO3S. The van der Waals surface area contributed by atoms with Gasteiger partial charge in [-0.05, 0) is 25.2 Å². The van der Waals surface area contributed by atoms with Crippen molar-refractivity contribution in [1.29, 1.82) is 0 Å². The van der Waals surface area contributed by atoms with E-state index in [2.05, 4.69) is 17.6 Å². The van der Waals surface area contributed by atoms with E-state index in [9.17, 15) is 15.0 Å². The Labute approximate surface area is 93.4 Å². The number of aromatic nitrogens is 1. The van der Waals surface area contributed by atoms with E-state index >= 15 is 0 Å². The first-order valence-electron chi connectivity index (χ1n) is 4.73. The smallest absolute Gasteiger partial charge is 0.248 e. The number of thiol groups is 1. The van der Waals surface area contributed by atoms with Gasteiger partial charge < -0.3 is 15.2 Å². The van der Waals surface area contributed by atoms with Crippen LogP contribution in [0.1, 0.15) is 23.8 Å². The summed E-state index contributed by atoms with van der Waals surface area (Å²) >= 11 is 3.98. The van der Waals surface area contributed by atoms with Gasteiger partial charge >= 0.3 is 0 Å². The van der Waals surface area contributed by atoms with Crippen LogP contribution in [0.4, 0.5) is 0 Å². The molecule has 0 spiro atoms. The molecule has 1 aromatic rings. The summed E-state index contributed by atoms with van der Waals surface area (Å²) in [5.74, 6) is 0.501. The van der Waals surface area contributed by atoms with Crippen LogP contribution >= 0.6 is 12.6 Å². The summed E-state index contributed by atoms with van der Waals surface area (Å²) in [5, 5.41) is 19.4. The summed E-state index contributed by atoms with van der Waals surface area (Å²) < 4.78 is 0. The number of aliphatic hydroxyl groups is 2. The molecular weight excluding hydrogens is 214 g/mol. The molecule has 1 aromatic heterocycles. The zero-order valence-corrected chi connectivity index (χ0v) is 9.37. The number of hydrogen-bond donors (Lipinski definition) is 4. The molecule has 1 rings (SSSR count). The highest BCUT2D eigenvalue weighted by molar-refractivity contribution is 7.80. The molecule has 2 unspecified atom stereocenters. The summed E-state index contributed by atoms with van der Waals surface area (Å²) in [7, 11) is 0. The molecule has 15 heavy (non-hydrogen) atoms. The Kier molecular flexibility index (Phi) is 4.38. The third kappa shape index (κ3) is 3.09. The van der Waals surface area contributed by atoms with Crippen molar-refractivity contribution in [3.8, 4) is 0 Å². The van der Waals surface area contributed by atoms with Crippen molar-refractivity contribution >= 4 is 12.6 Å². The van der Waals surface area contributed by atoms with Crippen molar-refractivity contribution < 1.29 is 10.2 Å². The van der Waals surface area contributed by atoms with Crippen molar-refractivity contribution in [2.24, 2.45) is 0 Å². The highest BCUT2D eigenvalue weighted by Gasteiger charge is 2.19. The summed E-state index contributed by atoms with van der Waals surface area (Å²) in [6.45, 7) is 1.69. The topological polar surface area (TPSA) is 73.3 Å². The number of aliphatic hydroxyl groups excluding tert-OH is 2. The third-order valence-electron chi connectivity index (χ3n) is 2.27. The molecule has 0 bridgehead atoms. The molecule has 5 heteroatoms. The fraction of sp³-hybridized carbons (Fsp3) is 0.500. The molecule has 84 valence electrons. The van der Waals surface area contributed by atoms with Gasteiger partial charge in [0.1, 0.15) is 6.10 Å². The van der Waals surface area contributed by atoms with Crippen molar-refractivity contribution in [2.45, 2.75) is 25.6 Å². The molecule has 0 fully saturated rings. The maximum atomic E-state index is 10.9. The average molecular weight is 229 g/mol. The van der Waals surface area contributed by atoms with Gasteiger partial charge in [-0.25, -0.2) is 0 Å². The first-order valence-corrected chi connectivity index (χ1v) is 5.36. The average Bonchev–Trinajstić information content (AvgIpc) is 2.17. The van der Waals surface area contributed by atoms with Crippen LogP contribution in [0, 0.1) is 6.92 Å². The van der Waals surface area contributed by atoms with Gasteiger partial charge in [0.05, 0.1) is 6.10 Å². The zero-order valence-electron chi connectivity index (χ0n) is 8.47. The number of aryl methyl sites for hydroxylation is 1. The Hall–Kier alpha value is -0.780. The first-order chi connectivity index (χ1) is 7.06. The maximum Gasteiger partial charge on any atom is 0.248 e. The molecule has 0 amide bonds. The van der Waals surface area contributed by atoms with E-state index in [1.165, 1.54) is 12.1 Å². The van der Waals surface area contributed by atoms with Gasteiger partial charge in [0.25, 0.3) is 0 Å². The van der Waals surface area contributed by atoms with Crippen molar-refractivity contribution in [1.82, 2.24) is 4.98 Å². The van der Waals surface area contributed by atoms with Crippen LogP contribution in [0.2, 0.25) is 0 Å². The molecule has 2 atom stereocenters. The van der Waals surface area contributed by atoms with Crippen molar-refractivity contribution in [2.75, 3.05) is 5.75 Å². The highest BCUT2D eigenvalue weighted by Crippen LogP contribution is 2.20. The fourth-order valence-corrected chi connectivity index (χ4v) is 1.67. The van der Waals surface area contributed by atoms with Gasteiger partial charge in [0, 0.05) is 17.3 Å². The monoisotopic (exact) mass is 229 g/mol. The van der Waals surface area contributed by atoms with Crippen LogP contribution in [0.3, 0.4) is 0 Å². The minimum Gasteiger partial charge on any atom is -0.390 e. The van der Waals surface area contributed by atoms with E-state index in [0.717, 1.165) is 0 Å². The van der Waals surface area contributed by atoms with E-state index in [4.69, 9.17) is 0 Å². The van der Waals surface area contributed by atoms with Crippen LogP contribution in [0.15, 0.2) is 16.9 Å². The number of pyridine rings is 1. The van der Waals surface area contributed by atoms with Crippen LogP contribution in [0.25, 0.3) is 0 Å². The summed E-state index contributed by atoms with van der Waals surface area (Å²) in [6.07, 6.45) is -1.43. The van der Waals surface area contributed by atoms with Crippen LogP contribution < -0.4 is 5.56 Å². The molecule has 0 saturated carbocycles. The van der Waals surface area contributed by atoms with Gasteiger partial charge in [-0.2, -0.15) is 12.6 Å². The van der Waals surface area contributed by atoms with E-state index in [1.807, 2.05) is 0 Å². The second kappa shape index (κ2) is 5.34. The van der Waals surface area contributed by atoms with Gasteiger partial charge in [-0.3, -0.25) is 4.79 Å². The number of nitrogens with one attached hydrogen (secondary N) is 1. The van der Waals surface area contributed by atoms with Crippen LogP contribution in [-0.2, 0) is 0 Å². The first kappa shape index (κ1) is 12.3. The van der Waals surface area contributed by atoms with Crippen LogP contribution in [0.5, 0.6) is 0 Å². The van der Waals surface area contributed by atoms with Gasteiger partial charge in [-0.1, -0.05) is 0 Å². The third-order valence-corrected chi connectivity index (χ3v) is 2.52. The van der Waals surface area contributed by atoms with Crippen molar-refractivity contribution in [3.63, 3.8) is 0 Å². The minimum atomic E-state index is -0.978. The Morgan fingerprint density at radius 2 is 2.13 bits per heavy atom. The zero-order chi connectivity index (χ0) is 11.4. The minimum absolute atomic E-state index is 0.216. The molecule has 3 N–H and O–H groups in total. The lowest BCUT2D eigenvalue weighted by molar-refractivity contribution is 0.0166. The largest absolute Gasteiger partial charge is 0.390 e. The van der Waals surface area contributed by atoms with E-state index in [0.29, 0.717) is 23.4 Å². The lowest BCUT2D eigenvalue weighted by atomic mass is 10.0. The second-order valence-corrected chi connectivity index (χ2v) is 3.87.